The number of methoxy groups -OCH3 is 1. The molecule has 12 heteroatoms. The summed E-state index contributed by atoms with van der Waals surface area (Å²) < 4.78 is 20.6. The molecule has 184 valence electrons. The number of hydrogen-bond acceptors (Lipinski definition) is 9. The van der Waals surface area contributed by atoms with Gasteiger partial charge < -0.3 is 29.6 Å². The second-order valence-corrected chi connectivity index (χ2v) is 7.93. The van der Waals surface area contributed by atoms with Gasteiger partial charge in [-0.05, 0) is 12.7 Å². The number of ether oxygens (including phenoxy) is 4. The van der Waals surface area contributed by atoms with Gasteiger partial charge in [0.2, 0.25) is 23.6 Å². The van der Waals surface area contributed by atoms with Crippen LogP contribution >= 0.6 is 11.8 Å². The quantitative estimate of drug-likeness (QED) is 0.181. The van der Waals surface area contributed by atoms with E-state index in [0.717, 1.165) is 0 Å². The molecule has 0 spiro atoms. The van der Waals surface area contributed by atoms with Crippen molar-refractivity contribution < 1.29 is 38.1 Å². The number of likely N-dealkylation sites (tertiary alicyclic amines) is 1. The van der Waals surface area contributed by atoms with Crippen molar-refractivity contribution in [1.82, 2.24) is 15.5 Å². The van der Waals surface area contributed by atoms with Crippen LogP contribution < -0.4 is 10.6 Å². The van der Waals surface area contributed by atoms with E-state index in [1.165, 1.54) is 16.7 Å². The van der Waals surface area contributed by atoms with Crippen LogP contribution in [0.4, 0.5) is 0 Å². The highest BCUT2D eigenvalue weighted by Crippen LogP contribution is 2.23. The molecule has 4 amide bonds. The zero-order valence-electron chi connectivity index (χ0n) is 18.9. The molecule has 11 nitrogen and oxygen atoms in total. The Labute approximate surface area is 193 Å². The van der Waals surface area contributed by atoms with Gasteiger partial charge in [0.1, 0.15) is 6.61 Å². The first-order valence-electron chi connectivity index (χ1n) is 10.6. The predicted octanol–water partition coefficient (Wildman–Crippen LogP) is -0.814. The van der Waals surface area contributed by atoms with Crippen molar-refractivity contribution in [3.8, 4) is 0 Å². The molecule has 0 aromatic heterocycles. The second kappa shape index (κ2) is 17.8. The summed E-state index contributed by atoms with van der Waals surface area (Å²) in [6, 6.07) is 0. The summed E-state index contributed by atoms with van der Waals surface area (Å²) in [6.45, 7) is 3.31. The van der Waals surface area contributed by atoms with Crippen molar-refractivity contribution in [2.45, 2.75) is 24.5 Å². The third-order valence-electron chi connectivity index (χ3n) is 4.45. The second-order valence-electron chi connectivity index (χ2n) is 6.89. The number of thioether (sulfide) groups is 1. The van der Waals surface area contributed by atoms with E-state index in [0.29, 0.717) is 59.2 Å². The molecular formula is C20H35N3O8S. The molecular weight excluding hydrogens is 442 g/mol. The fraction of sp³-hybridized carbons (Fsp3) is 0.800. The van der Waals surface area contributed by atoms with E-state index >= 15 is 0 Å². The SMILES string of the molecule is COCCOCC(=O)NCCOCCOCCNC(=O)CCCN1C(=O)CC(SC)C1=O. The Hall–Kier alpha value is -1.73. The highest BCUT2D eigenvalue weighted by atomic mass is 32.2. The molecule has 1 rings (SSSR count). The van der Waals surface area contributed by atoms with E-state index < -0.39 is 0 Å². The van der Waals surface area contributed by atoms with Crippen molar-refractivity contribution in [3.63, 3.8) is 0 Å². The van der Waals surface area contributed by atoms with Crippen LogP contribution in [0.3, 0.4) is 0 Å². The Morgan fingerprint density at radius 1 is 0.969 bits per heavy atom. The Balaban J connectivity index is 1.89. The molecule has 1 fully saturated rings. The van der Waals surface area contributed by atoms with Crippen LogP contribution in [0.2, 0.25) is 0 Å². The van der Waals surface area contributed by atoms with E-state index in [1.54, 1.807) is 7.11 Å². The maximum absolute atomic E-state index is 12.0. The van der Waals surface area contributed by atoms with E-state index in [9.17, 15) is 19.2 Å². The number of hydrogen-bond donors (Lipinski definition) is 2. The smallest absolute Gasteiger partial charge is 0.246 e. The molecule has 0 aliphatic carbocycles. The zero-order valence-corrected chi connectivity index (χ0v) is 19.7. The molecule has 0 aromatic carbocycles. The molecule has 0 saturated carbocycles. The number of imide groups is 1. The lowest BCUT2D eigenvalue weighted by Gasteiger charge is -2.14. The van der Waals surface area contributed by atoms with Gasteiger partial charge in [0.05, 0.1) is 44.9 Å². The summed E-state index contributed by atoms with van der Waals surface area (Å²) in [6.07, 6.45) is 2.73. The summed E-state index contributed by atoms with van der Waals surface area (Å²) in [5, 5.41) is 5.11. The van der Waals surface area contributed by atoms with E-state index in [-0.39, 0.29) is 54.9 Å². The average molecular weight is 478 g/mol. The van der Waals surface area contributed by atoms with Crippen LogP contribution in [-0.4, -0.2) is 113 Å². The third-order valence-corrected chi connectivity index (χ3v) is 5.38. The van der Waals surface area contributed by atoms with Crippen molar-refractivity contribution in [2.24, 2.45) is 0 Å². The molecule has 32 heavy (non-hydrogen) atoms. The minimum absolute atomic E-state index is 0.00875. The van der Waals surface area contributed by atoms with Gasteiger partial charge in [-0.2, -0.15) is 11.8 Å². The fourth-order valence-corrected chi connectivity index (χ4v) is 3.40. The number of nitrogens with one attached hydrogen (secondary N) is 2. The number of rotatable bonds is 19. The van der Waals surface area contributed by atoms with E-state index in [4.69, 9.17) is 18.9 Å². The van der Waals surface area contributed by atoms with Crippen LogP contribution in [0.5, 0.6) is 0 Å². The highest BCUT2D eigenvalue weighted by Gasteiger charge is 2.37. The number of amides is 4. The monoisotopic (exact) mass is 477 g/mol. The number of nitrogens with zero attached hydrogens (tertiary/aromatic N) is 1. The summed E-state index contributed by atoms with van der Waals surface area (Å²) in [5.41, 5.74) is 0. The van der Waals surface area contributed by atoms with Crippen LogP contribution in [0, 0.1) is 0 Å². The first-order valence-corrected chi connectivity index (χ1v) is 11.9. The Morgan fingerprint density at radius 3 is 2.19 bits per heavy atom. The minimum atomic E-state index is -0.290. The zero-order chi connectivity index (χ0) is 23.6. The maximum Gasteiger partial charge on any atom is 0.246 e. The van der Waals surface area contributed by atoms with Gasteiger partial charge in [-0.1, -0.05) is 0 Å². The van der Waals surface area contributed by atoms with Crippen LogP contribution in [0.1, 0.15) is 19.3 Å². The largest absolute Gasteiger partial charge is 0.382 e. The lowest BCUT2D eigenvalue weighted by molar-refractivity contribution is -0.138. The molecule has 1 heterocycles. The maximum atomic E-state index is 12.0. The van der Waals surface area contributed by atoms with Gasteiger partial charge in [0.15, 0.2) is 0 Å². The number of carbonyl (C=O) groups excluding carboxylic acids is 4. The van der Waals surface area contributed by atoms with Crippen molar-refractivity contribution >= 4 is 35.4 Å². The normalized spacial score (nSPS) is 15.9. The topological polar surface area (TPSA) is 132 Å². The van der Waals surface area contributed by atoms with Crippen LogP contribution in [0.25, 0.3) is 0 Å². The molecule has 1 atom stereocenters. The molecule has 0 bridgehead atoms. The standard InChI is InChI=1S/C20H35N3O8S/c1-28-10-11-31-15-18(25)22-6-9-30-13-12-29-8-5-21-17(24)4-3-7-23-19(26)14-16(32-2)20(23)27/h16H,3-15H2,1-2H3,(H,21,24)(H,22,25). The fourth-order valence-electron chi connectivity index (χ4n) is 2.76. The van der Waals surface area contributed by atoms with Crippen LogP contribution in [-0.2, 0) is 38.1 Å². The van der Waals surface area contributed by atoms with E-state index in [2.05, 4.69) is 10.6 Å². The Morgan fingerprint density at radius 2 is 1.59 bits per heavy atom. The van der Waals surface area contributed by atoms with Gasteiger partial charge in [0, 0.05) is 39.6 Å². The first-order chi connectivity index (χ1) is 15.5. The predicted molar refractivity (Wildman–Crippen MR) is 118 cm³/mol. The molecule has 2 N–H and O–H groups in total. The van der Waals surface area contributed by atoms with Crippen molar-refractivity contribution in [2.75, 3.05) is 79.2 Å². The summed E-state index contributed by atoms with van der Waals surface area (Å²) in [5.74, 6) is -0.681. The van der Waals surface area contributed by atoms with E-state index in [1.807, 2.05) is 6.26 Å². The van der Waals surface area contributed by atoms with Gasteiger partial charge in [-0.25, -0.2) is 0 Å². The van der Waals surface area contributed by atoms with Crippen molar-refractivity contribution in [1.29, 1.82) is 0 Å². The molecule has 1 aliphatic rings. The summed E-state index contributed by atoms with van der Waals surface area (Å²) in [7, 11) is 1.56. The van der Waals surface area contributed by atoms with Gasteiger partial charge in [-0.15, -0.1) is 0 Å². The third kappa shape index (κ3) is 12.3. The molecule has 0 radical (unpaired) electrons. The molecule has 1 unspecified atom stereocenters. The summed E-state index contributed by atoms with van der Waals surface area (Å²) in [4.78, 5) is 48.3. The highest BCUT2D eigenvalue weighted by molar-refractivity contribution is 8.00. The Bertz CT molecular complexity index is 593. The summed E-state index contributed by atoms with van der Waals surface area (Å²) >= 11 is 1.38. The van der Waals surface area contributed by atoms with Gasteiger partial charge in [-0.3, -0.25) is 24.1 Å². The van der Waals surface area contributed by atoms with Gasteiger partial charge in [0.25, 0.3) is 0 Å². The van der Waals surface area contributed by atoms with Gasteiger partial charge >= 0.3 is 0 Å². The molecule has 0 aromatic rings. The average Bonchev–Trinajstić information content (AvgIpc) is 3.05. The van der Waals surface area contributed by atoms with Crippen LogP contribution in [0.15, 0.2) is 0 Å². The molecule has 1 saturated heterocycles. The lowest BCUT2D eigenvalue weighted by Crippen LogP contribution is -2.33. The Kier molecular flexibility index (Phi) is 15.7. The van der Waals surface area contributed by atoms with Crippen molar-refractivity contribution in [3.05, 3.63) is 0 Å². The molecule has 1 aliphatic heterocycles. The lowest BCUT2D eigenvalue weighted by atomic mass is 10.3. The first kappa shape index (κ1) is 28.3. The number of carbonyl (C=O) groups is 4. The minimum Gasteiger partial charge on any atom is -0.382 e.